The average Bonchev–Trinajstić information content (AvgIpc) is 2.64. The molecule has 0 atom stereocenters. The molecule has 0 saturated carbocycles. The van der Waals surface area contributed by atoms with Crippen LogP contribution in [0.1, 0.15) is 22.8 Å². The Morgan fingerprint density at radius 2 is 1.84 bits per heavy atom. The van der Waals surface area contributed by atoms with E-state index in [9.17, 15) is 9.59 Å². The molecule has 0 aliphatic heterocycles. The van der Waals surface area contributed by atoms with Gasteiger partial charge in [0.15, 0.2) is 11.0 Å². The van der Waals surface area contributed by atoms with Crippen molar-refractivity contribution in [2.24, 2.45) is 0 Å². The molecule has 0 saturated heterocycles. The van der Waals surface area contributed by atoms with Crippen LogP contribution in [0.25, 0.3) is 22.3 Å². The van der Waals surface area contributed by atoms with Crippen molar-refractivity contribution < 1.29 is 18.7 Å². The van der Waals surface area contributed by atoms with Gasteiger partial charge in [0, 0.05) is 11.1 Å². The molecule has 0 unspecified atom stereocenters. The van der Waals surface area contributed by atoms with Gasteiger partial charge in [0.05, 0.1) is 19.1 Å². The molecule has 128 valence electrons. The minimum atomic E-state index is -0.513. The second kappa shape index (κ2) is 6.81. The van der Waals surface area contributed by atoms with E-state index in [1.54, 1.807) is 51.3 Å². The second-order valence-electron chi connectivity index (χ2n) is 5.52. The lowest BCUT2D eigenvalue weighted by Crippen LogP contribution is -2.11. The van der Waals surface area contributed by atoms with E-state index in [1.165, 1.54) is 0 Å². The van der Waals surface area contributed by atoms with E-state index in [0.29, 0.717) is 22.5 Å². The van der Waals surface area contributed by atoms with Crippen LogP contribution in [0.3, 0.4) is 0 Å². The van der Waals surface area contributed by atoms with Crippen LogP contribution in [-0.2, 0) is 4.74 Å². The predicted molar refractivity (Wildman–Crippen MR) is 95.2 cm³/mol. The fourth-order valence-electron chi connectivity index (χ4n) is 2.70. The number of carbonyl (C=O) groups excluding carboxylic acids is 1. The summed E-state index contributed by atoms with van der Waals surface area (Å²) in [5.74, 6) is 0.620. The predicted octanol–water partition coefficient (Wildman–Crippen LogP) is 3.95. The molecule has 5 heteroatoms. The van der Waals surface area contributed by atoms with Crippen molar-refractivity contribution in [1.82, 2.24) is 0 Å². The third-order valence-corrected chi connectivity index (χ3v) is 3.99. The summed E-state index contributed by atoms with van der Waals surface area (Å²) in [6.45, 7) is 3.69. The first-order valence-corrected chi connectivity index (χ1v) is 7.94. The number of hydrogen-bond acceptors (Lipinski definition) is 5. The molecule has 0 amide bonds. The maximum Gasteiger partial charge on any atom is 0.341 e. The van der Waals surface area contributed by atoms with Crippen molar-refractivity contribution in [3.63, 3.8) is 0 Å². The molecule has 5 nitrogen and oxygen atoms in total. The first kappa shape index (κ1) is 16.8. The Labute approximate surface area is 144 Å². The highest BCUT2D eigenvalue weighted by molar-refractivity contribution is 6.02. The Kier molecular flexibility index (Phi) is 4.57. The summed E-state index contributed by atoms with van der Waals surface area (Å²) in [6, 6.07) is 12.1. The number of para-hydroxylation sites is 1. The van der Waals surface area contributed by atoms with Gasteiger partial charge in [-0.25, -0.2) is 4.79 Å². The molecule has 0 radical (unpaired) electrons. The van der Waals surface area contributed by atoms with Crippen LogP contribution in [0.2, 0.25) is 0 Å². The molecular formula is C20H18O5. The summed E-state index contributed by atoms with van der Waals surface area (Å²) in [6.07, 6.45) is 0. The van der Waals surface area contributed by atoms with Gasteiger partial charge in [0.25, 0.3) is 0 Å². The number of ether oxygens (including phenoxy) is 2. The fraction of sp³-hybridized carbons (Fsp3) is 0.200. The van der Waals surface area contributed by atoms with E-state index in [-0.39, 0.29) is 23.2 Å². The third kappa shape index (κ3) is 3.01. The van der Waals surface area contributed by atoms with Gasteiger partial charge in [0.2, 0.25) is 0 Å². The molecule has 0 aliphatic carbocycles. The molecule has 2 aromatic carbocycles. The number of hydrogen-bond donors (Lipinski definition) is 0. The molecular weight excluding hydrogens is 320 g/mol. The highest BCUT2D eigenvalue weighted by Gasteiger charge is 2.19. The Balaban J connectivity index is 2.26. The first-order valence-electron chi connectivity index (χ1n) is 7.94. The standard InChI is InChI=1S/C20H18O5/c1-4-24-20(22)16-7-5-6-15-17(21)12(2)18(25-19(15)16)13-8-10-14(23-3)11-9-13/h5-11H,4H2,1-3H3. The molecule has 0 bridgehead atoms. The zero-order valence-corrected chi connectivity index (χ0v) is 14.3. The van der Waals surface area contributed by atoms with Crippen LogP contribution >= 0.6 is 0 Å². The van der Waals surface area contributed by atoms with Crippen molar-refractivity contribution in [3.05, 3.63) is 63.8 Å². The van der Waals surface area contributed by atoms with E-state index in [1.807, 2.05) is 12.1 Å². The number of esters is 1. The van der Waals surface area contributed by atoms with Crippen LogP contribution in [0, 0.1) is 6.92 Å². The van der Waals surface area contributed by atoms with Gasteiger partial charge in [0.1, 0.15) is 17.1 Å². The van der Waals surface area contributed by atoms with E-state index in [4.69, 9.17) is 13.9 Å². The average molecular weight is 338 g/mol. The Hall–Kier alpha value is -3.08. The zero-order valence-electron chi connectivity index (χ0n) is 14.3. The van der Waals surface area contributed by atoms with Crippen molar-refractivity contribution in [1.29, 1.82) is 0 Å². The Morgan fingerprint density at radius 1 is 1.12 bits per heavy atom. The van der Waals surface area contributed by atoms with Crippen LogP contribution in [0.15, 0.2) is 51.7 Å². The minimum absolute atomic E-state index is 0.168. The van der Waals surface area contributed by atoms with E-state index in [0.717, 1.165) is 5.56 Å². The number of methoxy groups -OCH3 is 1. The largest absolute Gasteiger partial charge is 0.497 e. The van der Waals surface area contributed by atoms with E-state index in [2.05, 4.69) is 0 Å². The molecule has 0 spiro atoms. The second-order valence-corrected chi connectivity index (χ2v) is 5.52. The number of benzene rings is 2. The van der Waals surface area contributed by atoms with E-state index >= 15 is 0 Å². The van der Waals surface area contributed by atoms with E-state index < -0.39 is 5.97 Å². The molecule has 1 heterocycles. The third-order valence-electron chi connectivity index (χ3n) is 3.99. The molecule has 3 rings (SSSR count). The van der Waals surface area contributed by atoms with Crippen molar-refractivity contribution in [2.45, 2.75) is 13.8 Å². The molecule has 0 N–H and O–H groups in total. The summed E-state index contributed by atoms with van der Waals surface area (Å²) < 4.78 is 16.2. The van der Waals surface area contributed by atoms with Gasteiger partial charge in [-0.3, -0.25) is 4.79 Å². The lowest BCUT2D eigenvalue weighted by molar-refractivity contribution is 0.0527. The van der Waals surface area contributed by atoms with Crippen LogP contribution in [-0.4, -0.2) is 19.7 Å². The van der Waals surface area contributed by atoms with Crippen LogP contribution in [0.4, 0.5) is 0 Å². The monoisotopic (exact) mass is 338 g/mol. The molecule has 1 aromatic heterocycles. The maximum atomic E-state index is 12.7. The topological polar surface area (TPSA) is 65.7 Å². The van der Waals surface area contributed by atoms with Gasteiger partial charge in [-0.2, -0.15) is 0 Å². The summed E-state index contributed by atoms with van der Waals surface area (Å²) in [4.78, 5) is 24.9. The number of rotatable bonds is 4. The lowest BCUT2D eigenvalue weighted by Gasteiger charge is -2.10. The number of carbonyl (C=O) groups is 1. The Morgan fingerprint density at radius 3 is 2.48 bits per heavy atom. The molecule has 0 fully saturated rings. The summed E-state index contributed by atoms with van der Waals surface area (Å²) >= 11 is 0. The van der Waals surface area contributed by atoms with Gasteiger partial charge < -0.3 is 13.9 Å². The smallest absolute Gasteiger partial charge is 0.341 e. The molecule has 25 heavy (non-hydrogen) atoms. The Bertz CT molecular complexity index is 983. The van der Waals surface area contributed by atoms with Gasteiger partial charge in [-0.1, -0.05) is 6.07 Å². The highest BCUT2D eigenvalue weighted by Crippen LogP contribution is 2.28. The van der Waals surface area contributed by atoms with Crippen LogP contribution in [0.5, 0.6) is 5.75 Å². The summed E-state index contributed by atoms with van der Waals surface area (Å²) in [7, 11) is 1.59. The zero-order chi connectivity index (χ0) is 18.0. The molecule has 0 aliphatic rings. The van der Waals surface area contributed by atoms with Gasteiger partial charge in [-0.05, 0) is 50.2 Å². The van der Waals surface area contributed by atoms with Crippen molar-refractivity contribution in [2.75, 3.05) is 13.7 Å². The maximum absolute atomic E-state index is 12.7. The number of fused-ring (bicyclic) bond motifs is 1. The first-order chi connectivity index (χ1) is 12.1. The quantitative estimate of drug-likeness (QED) is 0.674. The minimum Gasteiger partial charge on any atom is -0.497 e. The van der Waals surface area contributed by atoms with Crippen molar-refractivity contribution in [3.8, 4) is 17.1 Å². The van der Waals surface area contributed by atoms with Crippen LogP contribution < -0.4 is 10.2 Å². The highest BCUT2D eigenvalue weighted by atomic mass is 16.5. The van der Waals surface area contributed by atoms with Gasteiger partial charge >= 0.3 is 5.97 Å². The fourth-order valence-corrected chi connectivity index (χ4v) is 2.70. The summed E-state index contributed by atoms with van der Waals surface area (Å²) in [5.41, 5.74) is 1.53. The summed E-state index contributed by atoms with van der Waals surface area (Å²) in [5, 5.41) is 0.361. The normalized spacial score (nSPS) is 10.7. The van der Waals surface area contributed by atoms with Gasteiger partial charge in [-0.15, -0.1) is 0 Å². The SMILES string of the molecule is CCOC(=O)c1cccc2c(=O)c(C)c(-c3ccc(OC)cc3)oc12. The lowest BCUT2D eigenvalue weighted by atomic mass is 10.0. The van der Waals surface area contributed by atoms with Crippen molar-refractivity contribution >= 4 is 16.9 Å². The molecule has 3 aromatic rings.